The molecule has 76 valence electrons. The van der Waals surface area contributed by atoms with Crippen LogP contribution in [0.1, 0.15) is 12.5 Å². The lowest BCUT2D eigenvalue weighted by Crippen LogP contribution is -2.38. The summed E-state index contributed by atoms with van der Waals surface area (Å²) in [6.07, 6.45) is 0. The van der Waals surface area contributed by atoms with Gasteiger partial charge in [-0.15, -0.1) is 0 Å². The number of primary amides is 1. The second-order valence-corrected chi connectivity index (χ2v) is 3.82. The van der Waals surface area contributed by atoms with Crippen molar-refractivity contribution in [2.24, 2.45) is 5.73 Å². The van der Waals surface area contributed by atoms with Crippen LogP contribution in [0.3, 0.4) is 0 Å². The quantitative estimate of drug-likeness (QED) is 0.817. The molecule has 1 aromatic carbocycles. The van der Waals surface area contributed by atoms with Crippen molar-refractivity contribution >= 4 is 29.1 Å². The Hall–Kier alpha value is -0.770. The van der Waals surface area contributed by atoms with Gasteiger partial charge in [0, 0.05) is 5.56 Å². The van der Waals surface area contributed by atoms with E-state index in [2.05, 4.69) is 0 Å². The van der Waals surface area contributed by atoms with Crippen molar-refractivity contribution in [3.05, 3.63) is 33.8 Å². The molecule has 14 heavy (non-hydrogen) atoms. The lowest BCUT2D eigenvalue weighted by molar-refractivity contribution is -0.135. The summed E-state index contributed by atoms with van der Waals surface area (Å²) >= 11 is 11.6. The predicted octanol–water partition coefficient (Wildman–Crippen LogP) is 1.69. The van der Waals surface area contributed by atoms with Crippen LogP contribution >= 0.6 is 23.2 Å². The Balaban J connectivity index is 3.33. The minimum atomic E-state index is -1.80. The first-order chi connectivity index (χ1) is 6.37. The summed E-state index contributed by atoms with van der Waals surface area (Å²) in [5.41, 5.74) is 3.43. The Morgan fingerprint density at radius 1 is 1.50 bits per heavy atom. The van der Waals surface area contributed by atoms with Gasteiger partial charge in [-0.05, 0) is 13.0 Å². The minimum Gasteiger partial charge on any atom is -0.375 e. The number of carbonyl (C=O) groups excluding carboxylic acids is 1. The highest BCUT2D eigenvalue weighted by molar-refractivity contribution is 6.42. The lowest BCUT2D eigenvalue weighted by atomic mass is 9.95. The third kappa shape index (κ3) is 1.85. The summed E-state index contributed by atoms with van der Waals surface area (Å²) in [6.45, 7) is 1.27. The Kier molecular flexibility index (Phi) is 3.04. The van der Waals surface area contributed by atoms with Gasteiger partial charge in [0.2, 0.25) is 0 Å². The van der Waals surface area contributed by atoms with E-state index in [1.165, 1.54) is 13.0 Å². The van der Waals surface area contributed by atoms with Gasteiger partial charge in [-0.25, -0.2) is 0 Å². The molecule has 0 aliphatic carbocycles. The highest BCUT2D eigenvalue weighted by Crippen LogP contribution is 2.32. The van der Waals surface area contributed by atoms with Crippen LogP contribution in [0.15, 0.2) is 18.2 Å². The van der Waals surface area contributed by atoms with E-state index in [-0.39, 0.29) is 15.6 Å². The van der Waals surface area contributed by atoms with Gasteiger partial charge in [-0.2, -0.15) is 0 Å². The van der Waals surface area contributed by atoms with Crippen LogP contribution in [0, 0.1) is 0 Å². The zero-order valence-corrected chi connectivity index (χ0v) is 8.93. The van der Waals surface area contributed by atoms with E-state index in [0.29, 0.717) is 0 Å². The second-order valence-electron chi connectivity index (χ2n) is 3.04. The standard InChI is InChI=1S/C9H9Cl2NO2/c1-9(14,8(12)13)5-3-2-4-6(10)7(5)11/h2-4,14H,1H3,(H2,12,13). The van der Waals surface area contributed by atoms with Gasteiger partial charge < -0.3 is 10.8 Å². The molecule has 1 aromatic rings. The monoisotopic (exact) mass is 233 g/mol. The SMILES string of the molecule is CC(O)(C(N)=O)c1cccc(Cl)c1Cl. The van der Waals surface area contributed by atoms with Gasteiger partial charge in [0.25, 0.3) is 5.91 Å². The molecule has 1 amide bonds. The summed E-state index contributed by atoms with van der Waals surface area (Å²) in [6, 6.07) is 4.64. The van der Waals surface area contributed by atoms with Crippen molar-refractivity contribution in [2.75, 3.05) is 0 Å². The van der Waals surface area contributed by atoms with Crippen molar-refractivity contribution in [3.63, 3.8) is 0 Å². The van der Waals surface area contributed by atoms with Gasteiger partial charge in [-0.1, -0.05) is 35.3 Å². The Labute approximate surface area is 91.4 Å². The fourth-order valence-electron chi connectivity index (χ4n) is 1.01. The molecule has 0 fully saturated rings. The highest BCUT2D eigenvalue weighted by Gasteiger charge is 2.32. The minimum absolute atomic E-state index is 0.137. The maximum atomic E-state index is 11.0. The van der Waals surface area contributed by atoms with E-state index in [1.807, 2.05) is 0 Å². The molecule has 0 radical (unpaired) electrons. The molecule has 1 unspecified atom stereocenters. The molecule has 0 heterocycles. The number of nitrogens with two attached hydrogens (primary N) is 1. The van der Waals surface area contributed by atoms with Gasteiger partial charge in [0.1, 0.15) is 0 Å². The molecule has 0 aliphatic rings. The average Bonchev–Trinajstić information content (AvgIpc) is 2.09. The molecular formula is C9H9Cl2NO2. The molecule has 0 aromatic heterocycles. The van der Waals surface area contributed by atoms with E-state index >= 15 is 0 Å². The molecule has 0 spiro atoms. The first-order valence-corrected chi connectivity index (χ1v) is 4.59. The fraction of sp³-hybridized carbons (Fsp3) is 0.222. The van der Waals surface area contributed by atoms with Crippen LogP contribution in [0.2, 0.25) is 10.0 Å². The topological polar surface area (TPSA) is 63.3 Å². The van der Waals surface area contributed by atoms with Crippen molar-refractivity contribution in [1.29, 1.82) is 0 Å². The summed E-state index contributed by atoms with van der Waals surface area (Å²) in [4.78, 5) is 11.0. The molecule has 0 aliphatic heterocycles. The average molecular weight is 234 g/mol. The van der Waals surface area contributed by atoms with Gasteiger partial charge in [-0.3, -0.25) is 4.79 Å². The largest absolute Gasteiger partial charge is 0.375 e. The van der Waals surface area contributed by atoms with Crippen molar-refractivity contribution in [2.45, 2.75) is 12.5 Å². The number of aliphatic hydroxyl groups is 1. The Bertz CT molecular complexity index is 377. The smallest absolute Gasteiger partial charge is 0.253 e. The van der Waals surface area contributed by atoms with E-state index in [0.717, 1.165) is 0 Å². The summed E-state index contributed by atoms with van der Waals surface area (Å²) in [7, 11) is 0. The van der Waals surface area contributed by atoms with Gasteiger partial charge >= 0.3 is 0 Å². The Morgan fingerprint density at radius 2 is 2.07 bits per heavy atom. The molecule has 0 saturated heterocycles. The molecular weight excluding hydrogens is 225 g/mol. The molecule has 1 atom stereocenters. The third-order valence-corrected chi connectivity index (χ3v) is 2.77. The van der Waals surface area contributed by atoms with E-state index < -0.39 is 11.5 Å². The summed E-state index contributed by atoms with van der Waals surface area (Å²) < 4.78 is 0. The summed E-state index contributed by atoms with van der Waals surface area (Å²) in [5, 5.41) is 10.2. The number of rotatable bonds is 2. The fourth-order valence-corrected chi connectivity index (χ4v) is 1.50. The molecule has 3 nitrogen and oxygen atoms in total. The van der Waals surface area contributed by atoms with Crippen LogP contribution in [-0.2, 0) is 10.4 Å². The number of hydrogen-bond acceptors (Lipinski definition) is 2. The highest BCUT2D eigenvalue weighted by atomic mass is 35.5. The van der Waals surface area contributed by atoms with Crippen LogP contribution in [0.4, 0.5) is 0 Å². The van der Waals surface area contributed by atoms with Crippen molar-refractivity contribution in [3.8, 4) is 0 Å². The van der Waals surface area contributed by atoms with Crippen LogP contribution in [0.25, 0.3) is 0 Å². The zero-order chi connectivity index (χ0) is 10.9. The maximum absolute atomic E-state index is 11.0. The Morgan fingerprint density at radius 3 is 2.57 bits per heavy atom. The van der Waals surface area contributed by atoms with Crippen LogP contribution < -0.4 is 5.73 Å². The second kappa shape index (κ2) is 3.77. The van der Waals surface area contributed by atoms with Gasteiger partial charge in [0.15, 0.2) is 5.60 Å². The maximum Gasteiger partial charge on any atom is 0.253 e. The zero-order valence-electron chi connectivity index (χ0n) is 7.42. The van der Waals surface area contributed by atoms with Crippen LogP contribution in [-0.4, -0.2) is 11.0 Å². The normalized spacial score (nSPS) is 14.9. The van der Waals surface area contributed by atoms with E-state index in [4.69, 9.17) is 28.9 Å². The number of carbonyl (C=O) groups is 1. The summed E-state index contributed by atoms with van der Waals surface area (Å²) in [5.74, 6) is -0.873. The molecule has 0 saturated carbocycles. The predicted molar refractivity (Wildman–Crippen MR) is 55.2 cm³/mol. The molecule has 1 rings (SSSR count). The third-order valence-electron chi connectivity index (χ3n) is 1.96. The number of amides is 1. The van der Waals surface area contributed by atoms with Crippen molar-refractivity contribution in [1.82, 2.24) is 0 Å². The molecule has 0 bridgehead atoms. The number of benzene rings is 1. The first-order valence-electron chi connectivity index (χ1n) is 3.84. The van der Waals surface area contributed by atoms with E-state index in [1.54, 1.807) is 12.1 Å². The van der Waals surface area contributed by atoms with Gasteiger partial charge in [0.05, 0.1) is 10.0 Å². The molecule has 3 N–H and O–H groups in total. The van der Waals surface area contributed by atoms with E-state index in [9.17, 15) is 9.90 Å². The van der Waals surface area contributed by atoms with Crippen molar-refractivity contribution < 1.29 is 9.90 Å². The molecule has 5 heteroatoms. The van der Waals surface area contributed by atoms with Crippen LogP contribution in [0.5, 0.6) is 0 Å². The number of halogens is 2. The lowest BCUT2D eigenvalue weighted by Gasteiger charge is -2.21. The number of hydrogen-bond donors (Lipinski definition) is 2. The first kappa shape index (κ1) is 11.3.